The summed E-state index contributed by atoms with van der Waals surface area (Å²) in [5.74, 6) is -0.679. The predicted molar refractivity (Wildman–Crippen MR) is 117 cm³/mol. The molecule has 0 saturated carbocycles. The first-order valence-corrected chi connectivity index (χ1v) is 11.2. The molecule has 3 heteroatoms. The third kappa shape index (κ3) is 14.4. The maximum absolute atomic E-state index is 10.5. The molecule has 0 aliphatic carbocycles. The molecule has 158 valence electrons. The lowest BCUT2D eigenvalue weighted by Gasteiger charge is -2.16. The van der Waals surface area contributed by atoms with Crippen LogP contribution in [0.4, 0.5) is 0 Å². The van der Waals surface area contributed by atoms with Gasteiger partial charge in [0.15, 0.2) is 0 Å². The lowest BCUT2D eigenvalue weighted by Crippen LogP contribution is -2.12. The second-order valence-corrected chi connectivity index (χ2v) is 7.68. The highest BCUT2D eigenvalue weighted by Crippen LogP contribution is 2.15. The summed E-state index contributed by atoms with van der Waals surface area (Å²) in [6.45, 7) is 2.95. The number of benzene rings is 1. The zero-order valence-electron chi connectivity index (χ0n) is 17.8. The molecule has 1 aromatic rings. The van der Waals surface area contributed by atoms with Crippen molar-refractivity contribution < 1.29 is 14.6 Å². The van der Waals surface area contributed by atoms with E-state index in [4.69, 9.17) is 9.84 Å². The summed E-state index contributed by atoms with van der Waals surface area (Å²) in [6, 6.07) is 10.4. The minimum atomic E-state index is -0.679. The van der Waals surface area contributed by atoms with E-state index in [1.807, 2.05) is 6.07 Å². The number of ether oxygens (including phenoxy) is 1. The minimum Gasteiger partial charge on any atom is -0.481 e. The van der Waals surface area contributed by atoms with Gasteiger partial charge in [0, 0.05) is 6.42 Å². The second-order valence-electron chi connectivity index (χ2n) is 7.68. The van der Waals surface area contributed by atoms with Crippen molar-refractivity contribution >= 4 is 5.97 Å². The Kier molecular flexibility index (Phi) is 15.3. The average molecular weight is 389 g/mol. The van der Waals surface area contributed by atoms with Gasteiger partial charge in [-0.2, -0.15) is 0 Å². The van der Waals surface area contributed by atoms with Crippen molar-refractivity contribution in [1.29, 1.82) is 0 Å². The standard InChI is InChI=1S/C25H40O3/c1-2-3-4-14-19-24(28-22-23-17-12-11-13-18-23)20-15-9-7-5-6-8-10-16-21-25(26)27/h9,11-13,15,17-18,24H,2-8,10,14,16,19-22H2,1H3,(H,26,27)/b15-9+. The number of allylic oxidation sites excluding steroid dienone is 1. The highest BCUT2D eigenvalue weighted by molar-refractivity contribution is 5.66. The quantitative estimate of drug-likeness (QED) is 0.212. The average Bonchev–Trinajstić information content (AvgIpc) is 2.70. The number of carboxylic acids is 1. The van der Waals surface area contributed by atoms with Gasteiger partial charge in [-0.1, -0.05) is 94.4 Å². The number of hydrogen-bond donors (Lipinski definition) is 1. The zero-order chi connectivity index (χ0) is 20.3. The van der Waals surface area contributed by atoms with Crippen molar-refractivity contribution in [3.05, 3.63) is 48.0 Å². The summed E-state index contributed by atoms with van der Waals surface area (Å²) in [5.41, 5.74) is 1.24. The van der Waals surface area contributed by atoms with E-state index in [1.165, 1.54) is 44.1 Å². The summed E-state index contributed by atoms with van der Waals surface area (Å²) in [4.78, 5) is 10.5. The molecule has 1 rings (SSSR count). The normalized spacial score (nSPS) is 12.5. The molecule has 0 heterocycles. The molecule has 0 radical (unpaired) electrons. The third-order valence-corrected chi connectivity index (χ3v) is 5.04. The van der Waals surface area contributed by atoms with E-state index in [0.29, 0.717) is 19.1 Å². The van der Waals surface area contributed by atoms with Crippen LogP contribution in [0.5, 0.6) is 0 Å². The van der Waals surface area contributed by atoms with Gasteiger partial charge in [0.05, 0.1) is 12.7 Å². The molecular formula is C25H40O3. The third-order valence-electron chi connectivity index (χ3n) is 5.04. The predicted octanol–water partition coefficient (Wildman–Crippen LogP) is 7.30. The number of rotatable bonds is 18. The number of unbranched alkanes of at least 4 members (excludes halogenated alkanes) is 8. The van der Waals surface area contributed by atoms with Crippen LogP contribution >= 0.6 is 0 Å². The van der Waals surface area contributed by atoms with E-state index < -0.39 is 5.97 Å². The molecule has 0 amide bonds. The Labute approximate surface area is 172 Å². The van der Waals surface area contributed by atoms with Crippen LogP contribution in [-0.2, 0) is 16.1 Å². The summed E-state index contributed by atoms with van der Waals surface area (Å²) in [5, 5.41) is 8.62. The Morgan fingerprint density at radius 3 is 2.43 bits per heavy atom. The highest BCUT2D eigenvalue weighted by Gasteiger charge is 2.07. The van der Waals surface area contributed by atoms with Crippen molar-refractivity contribution in [1.82, 2.24) is 0 Å². The molecule has 0 aliphatic heterocycles. The van der Waals surface area contributed by atoms with Crippen molar-refractivity contribution in [3.63, 3.8) is 0 Å². The molecule has 28 heavy (non-hydrogen) atoms. The van der Waals surface area contributed by atoms with Gasteiger partial charge in [-0.25, -0.2) is 0 Å². The zero-order valence-corrected chi connectivity index (χ0v) is 17.8. The first-order valence-electron chi connectivity index (χ1n) is 11.2. The van der Waals surface area contributed by atoms with Crippen molar-refractivity contribution in [3.8, 4) is 0 Å². The summed E-state index contributed by atoms with van der Waals surface area (Å²) < 4.78 is 6.20. The van der Waals surface area contributed by atoms with Crippen molar-refractivity contribution in [2.75, 3.05) is 0 Å². The molecule has 1 unspecified atom stereocenters. The van der Waals surface area contributed by atoms with Crippen LogP contribution in [0, 0.1) is 0 Å². The topological polar surface area (TPSA) is 46.5 Å². The molecule has 0 aliphatic rings. The van der Waals surface area contributed by atoms with E-state index in [9.17, 15) is 4.79 Å². The van der Waals surface area contributed by atoms with Gasteiger partial charge in [-0.15, -0.1) is 0 Å². The van der Waals surface area contributed by atoms with Crippen LogP contribution in [0.2, 0.25) is 0 Å². The van der Waals surface area contributed by atoms with Crippen LogP contribution in [0.3, 0.4) is 0 Å². The molecule has 0 aromatic heterocycles. The van der Waals surface area contributed by atoms with Crippen molar-refractivity contribution in [2.45, 2.75) is 103 Å². The lowest BCUT2D eigenvalue weighted by molar-refractivity contribution is -0.137. The first-order chi connectivity index (χ1) is 13.7. The van der Waals surface area contributed by atoms with Crippen LogP contribution in [-0.4, -0.2) is 17.2 Å². The highest BCUT2D eigenvalue weighted by atomic mass is 16.5. The lowest BCUT2D eigenvalue weighted by atomic mass is 10.1. The number of carbonyl (C=O) groups is 1. The van der Waals surface area contributed by atoms with Gasteiger partial charge in [-0.05, 0) is 37.7 Å². The molecule has 0 bridgehead atoms. The summed E-state index contributed by atoms with van der Waals surface area (Å²) >= 11 is 0. The van der Waals surface area contributed by atoms with Crippen molar-refractivity contribution in [2.24, 2.45) is 0 Å². The smallest absolute Gasteiger partial charge is 0.303 e. The Balaban J connectivity index is 2.19. The Morgan fingerprint density at radius 2 is 1.68 bits per heavy atom. The number of hydrogen-bond acceptors (Lipinski definition) is 2. The van der Waals surface area contributed by atoms with Crippen LogP contribution in [0.1, 0.15) is 96.0 Å². The minimum absolute atomic E-state index is 0.308. The van der Waals surface area contributed by atoms with E-state index in [-0.39, 0.29) is 0 Å². The molecular weight excluding hydrogens is 348 g/mol. The Morgan fingerprint density at radius 1 is 0.964 bits per heavy atom. The van der Waals surface area contributed by atoms with E-state index in [0.717, 1.165) is 38.5 Å². The van der Waals surface area contributed by atoms with E-state index in [2.05, 4.69) is 43.3 Å². The fraction of sp³-hybridized carbons (Fsp3) is 0.640. The van der Waals surface area contributed by atoms with Gasteiger partial charge in [0.2, 0.25) is 0 Å². The van der Waals surface area contributed by atoms with E-state index in [1.54, 1.807) is 0 Å². The van der Waals surface area contributed by atoms with Crippen LogP contribution in [0.15, 0.2) is 42.5 Å². The fourth-order valence-corrected chi connectivity index (χ4v) is 3.29. The molecule has 0 saturated heterocycles. The monoisotopic (exact) mass is 388 g/mol. The molecule has 1 atom stereocenters. The fourth-order valence-electron chi connectivity index (χ4n) is 3.29. The van der Waals surface area contributed by atoms with Gasteiger partial charge in [-0.3, -0.25) is 4.79 Å². The van der Waals surface area contributed by atoms with Gasteiger partial charge >= 0.3 is 5.97 Å². The number of aliphatic carboxylic acids is 1. The van der Waals surface area contributed by atoms with Crippen LogP contribution < -0.4 is 0 Å². The maximum Gasteiger partial charge on any atom is 0.303 e. The maximum atomic E-state index is 10.5. The van der Waals surface area contributed by atoms with Gasteiger partial charge < -0.3 is 9.84 Å². The Hall–Kier alpha value is -1.61. The molecule has 1 aromatic carbocycles. The first kappa shape index (κ1) is 24.4. The van der Waals surface area contributed by atoms with Crippen LogP contribution in [0.25, 0.3) is 0 Å². The molecule has 0 spiro atoms. The molecule has 0 fully saturated rings. The second kappa shape index (κ2) is 17.5. The van der Waals surface area contributed by atoms with Gasteiger partial charge in [0.1, 0.15) is 0 Å². The summed E-state index contributed by atoms with van der Waals surface area (Å²) in [6.07, 6.45) is 18.9. The SMILES string of the molecule is CCCCCCC(C/C=C/CCCCCCCC(=O)O)OCc1ccccc1. The largest absolute Gasteiger partial charge is 0.481 e. The van der Waals surface area contributed by atoms with Gasteiger partial charge in [0.25, 0.3) is 0 Å². The molecule has 1 N–H and O–H groups in total. The molecule has 3 nitrogen and oxygen atoms in total. The van der Waals surface area contributed by atoms with E-state index >= 15 is 0 Å². The summed E-state index contributed by atoms with van der Waals surface area (Å²) in [7, 11) is 0. The number of carboxylic acid groups (broad SMARTS) is 1. The Bertz CT molecular complexity index is 510.